The number of aromatic nitrogens is 3. The van der Waals surface area contributed by atoms with Crippen molar-refractivity contribution < 1.29 is 9.26 Å². The highest BCUT2D eigenvalue weighted by Gasteiger charge is 2.28. The molecule has 108 valence electrons. The first kappa shape index (κ1) is 13.7. The molecule has 6 heteroatoms. The molecule has 0 saturated carbocycles. The lowest BCUT2D eigenvalue weighted by atomic mass is 9.93. The lowest BCUT2D eigenvalue weighted by Crippen LogP contribution is -2.24. The highest BCUT2D eigenvalue weighted by Crippen LogP contribution is 2.32. The van der Waals surface area contributed by atoms with Crippen molar-refractivity contribution in [3.63, 3.8) is 0 Å². The molecule has 2 aromatic heterocycles. The number of hydrogen-bond acceptors (Lipinski definition) is 6. The van der Waals surface area contributed by atoms with Crippen molar-refractivity contribution in [2.24, 2.45) is 0 Å². The molecular weight excluding hydrogens is 274 g/mol. The van der Waals surface area contributed by atoms with Crippen LogP contribution in [0.25, 0.3) is 10.8 Å². The third-order valence-corrected chi connectivity index (χ3v) is 4.54. The van der Waals surface area contributed by atoms with Crippen LogP contribution < -0.4 is 0 Å². The fraction of sp³-hybridized carbons (Fsp3) is 0.643. The van der Waals surface area contributed by atoms with Gasteiger partial charge in [0.25, 0.3) is 0 Å². The summed E-state index contributed by atoms with van der Waals surface area (Å²) >= 11 is 1.55. The third-order valence-electron chi connectivity index (χ3n) is 3.58. The van der Waals surface area contributed by atoms with Crippen molar-refractivity contribution in [1.29, 1.82) is 0 Å². The summed E-state index contributed by atoms with van der Waals surface area (Å²) in [7, 11) is 0. The van der Waals surface area contributed by atoms with Crippen LogP contribution >= 0.6 is 11.3 Å². The van der Waals surface area contributed by atoms with Crippen LogP contribution in [-0.2, 0) is 4.74 Å². The summed E-state index contributed by atoms with van der Waals surface area (Å²) in [5.74, 6) is 1.66. The van der Waals surface area contributed by atoms with Gasteiger partial charge in [0, 0.05) is 23.6 Å². The van der Waals surface area contributed by atoms with Gasteiger partial charge in [-0.05, 0) is 26.2 Å². The fourth-order valence-corrected chi connectivity index (χ4v) is 3.29. The highest BCUT2D eigenvalue weighted by atomic mass is 32.1. The van der Waals surface area contributed by atoms with Gasteiger partial charge in [0.05, 0.1) is 6.10 Å². The Morgan fingerprint density at radius 3 is 3.05 bits per heavy atom. The lowest BCUT2D eigenvalue weighted by Gasteiger charge is -2.27. The molecule has 0 bridgehead atoms. The van der Waals surface area contributed by atoms with Gasteiger partial charge in [-0.25, -0.2) is 4.98 Å². The van der Waals surface area contributed by atoms with Gasteiger partial charge in [0.1, 0.15) is 0 Å². The van der Waals surface area contributed by atoms with Crippen LogP contribution in [0.15, 0.2) is 9.90 Å². The van der Waals surface area contributed by atoms with Crippen molar-refractivity contribution in [3.05, 3.63) is 17.0 Å². The van der Waals surface area contributed by atoms with E-state index in [4.69, 9.17) is 9.26 Å². The number of hydrogen-bond donors (Lipinski definition) is 0. The quantitative estimate of drug-likeness (QED) is 0.862. The van der Waals surface area contributed by atoms with Crippen molar-refractivity contribution in [1.82, 2.24) is 15.1 Å². The number of rotatable bonds is 4. The van der Waals surface area contributed by atoms with Crippen LogP contribution in [-0.4, -0.2) is 27.8 Å². The summed E-state index contributed by atoms with van der Waals surface area (Å²) in [6.07, 6.45) is 4.51. The standard InChI is InChI=1S/C14H19N3O2S/c1-3-4-11-7-10(5-6-18-11)13-16-12(17-19-13)14-15-9(2)8-20-14/h8,10-11H,3-7H2,1-2H3/t10-,11-/m1/s1. The Labute approximate surface area is 122 Å². The lowest BCUT2D eigenvalue weighted by molar-refractivity contribution is -0.00302. The zero-order valence-electron chi connectivity index (χ0n) is 11.8. The van der Waals surface area contributed by atoms with Crippen LogP contribution in [0.5, 0.6) is 0 Å². The first-order chi connectivity index (χ1) is 9.76. The van der Waals surface area contributed by atoms with Gasteiger partial charge in [-0.3, -0.25) is 0 Å². The van der Waals surface area contributed by atoms with E-state index >= 15 is 0 Å². The Balaban J connectivity index is 1.73. The van der Waals surface area contributed by atoms with Crippen molar-refractivity contribution >= 4 is 11.3 Å². The van der Waals surface area contributed by atoms with E-state index < -0.39 is 0 Å². The van der Waals surface area contributed by atoms with Gasteiger partial charge in [0.15, 0.2) is 5.01 Å². The molecule has 2 aromatic rings. The molecule has 0 radical (unpaired) electrons. The van der Waals surface area contributed by atoms with E-state index in [1.807, 2.05) is 12.3 Å². The Hall–Kier alpha value is -1.27. The molecule has 5 nitrogen and oxygen atoms in total. The molecule has 1 fully saturated rings. The van der Waals surface area contributed by atoms with Gasteiger partial charge in [-0.2, -0.15) is 4.98 Å². The maximum atomic E-state index is 5.76. The van der Waals surface area contributed by atoms with Crippen LogP contribution in [0, 0.1) is 6.92 Å². The fourth-order valence-electron chi connectivity index (χ4n) is 2.57. The zero-order chi connectivity index (χ0) is 13.9. The maximum absolute atomic E-state index is 5.76. The van der Waals surface area contributed by atoms with E-state index in [1.54, 1.807) is 11.3 Å². The van der Waals surface area contributed by atoms with E-state index in [0.29, 0.717) is 17.8 Å². The Bertz CT molecular complexity index is 564. The third kappa shape index (κ3) is 2.91. The first-order valence-corrected chi connectivity index (χ1v) is 8.02. The largest absolute Gasteiger partial charge is 0.378 e. The molecule has 3 heterocycles. The Morgan fingerprint density at radius 1 is 1.40 bits per heavy atom. The molecule has 3 rings (SSSR count). The number of ether oxygens (including phenoxy) is 1. The summed E-state index contributed by atoms with van der Waals surface area (Å²) in [6.45, 7) is 4.93. The van der Waals surface area contributed by atoms with Gasteiger partial charge in [0.2, 0.25) is 11.7 Å². The molecule has 0 spiro atoms. The summed E-state index contributed by atoms with van der Waals surface area (Å²) in [5, 5.41) is 6.89. The molecule has 20 heavy (non-hydrogen) atoms. The minimum atomic E-state index is 0.322. The molecular formula is C14H19N3O2S. The molecule has 1 saturated heterocycles. The summed E-state index contributed by atoms with van der Waals surface area (Å²) < 4.78 is 11.2. The van der Waals surface area contributed by atoms with Crippen molar-refractivity contribution in [3.8, 4) is 10.8 Å². The van der Waals surface area contributed by atoms with Crippen LogP contribution in [0.3, 0.4) is 0 Å². The predicted octanol–water partition coefficient (Wildman–Crippen LogP) is 3.56. The molecule has 1 aliphatic rings. The number of thiazole rings is 1. The second-order valence-corrected chi connectivity index (χ2v) is 6.11. The average Bonchev–Trinajstić information content (AvgIpc) is 3.08. The molecule has 1 aliphatic heterocycles. The zero-order valence-corrected chi connectivity index (χ0v) is 12.7. The Morgan fingerprint density at radius 2 is 2.30 bits per heavy atom. The summed E-state index contributed by atoms with van der Waals surface area (Å²) in [5.41, 5.74) is 0.991. The van der Waals surface area contributed by atoms with E-state index in [0.717, 1.165) is 48.9 Å². The van der Waals surface area contributed by atoms with Gasteiger partial charge < -0.3 is 9.26 Å². The normalized spacial score (nSPS) is 23.1. The number of aryl methyl sites for hydroxylation is 1. The molecule has 0 N–H and O–H groups in total. The maximum Gasteiger partial charge on any atom is 0.231 e. The predicted molar refractivity (Wildman–Crippen MR) is 76.8 cm³/mol. The molecule has 0 aliphatic carbocycles. The van der Waals surface area contributed by atoms with Crippen LogP contribution in [0.2, 0.25) is 0 Å². The average molecular weight is 293 g/mol. The minimum Gasteiger partial charge on any atom is -0.378 e. The molecule has 2 atom stereocenters. The minimum absolute atomic E-state index is 0.322. The second-order valence-electron chi connectivity index (χ2n) is 5.25. The van der Waals surface area contributed by atoms with E-state index in [1.165, 1.54) is 0 Å². The summed E-state index contributed by atoms with van der Waals surface area (Å²) in [4.78, 5) is 8.92. The number of nitrogens with zero attached hydrogens (tertiary/aromatic N) is 3. The molecule has 0 aromatic carbocycles. The highest BCUT2D eigenvalue weighted by molar-refractivity contribution is 7.13. The van der Waals surface area contributed by atoms with E-state index in [-0.39, 0.29) is 0 Å². The van der Waals surface area contributed by atoms with Gasteiger partial charge in [-0.1, -0.05) is 18.5 Å². The van der Waals surface area contributed by atoms with E-state index in [9.17, 15) is 0 Å². The van der Waals surface area contributed by atoms with E-state index in [2.05, 4.69) is 22.0 Å². The van der Waals surface area contributed by atoms with Crippen molar-refractivity contribution in [2.75, 3.05) is 6.61 Å². The van der Waals surface area contributed by atoms with Gasteiger partial charge in [-0.15, -0.1) is 11.3 Å². The molecule has 0 unspecified atom stereocenters. The van der Waals surface area contributed by atoms with Crippen LogP contribution in [0.4, 0.5) is 0 Å². The smallest absolute Gasteiger partial charge is 0.231 e. The second kappa shape index (κ2) is 6.01. The molecule has 0 amide bonds. The summed E-state index contributed by atoms with van der Waals surface area (Å²) in [6, 6.07) is 0. The topological polar surface area (TPSA) is 61.0 Å². The monoisotopic (exact) mass is 293 g/mol. The van der Waals surface area contributed by atoms with Crippen LogP contribution in [0.1, 0.15) is 50.1 Å². The van der Waals surface area contributed by atoms with Crippen molar-refractivity contribution in [2.45, 2.75) is 51.6 Å². The Kier molecular flexibility index (Phi) is 4.12. The first-order valence-electron chi connectivity index (χ1n) is 7.14. The van der Waals surface area contributed by atoms with Gasteiger partial charge >= 0.3 is 0 Å². The SMILES string of the molecule is CCC[C@@H]1C[C@H](c2nc(-c3nc(C)cs3)no2)CCO1.